The van der Waals surface area contributed by atoms with E-state index in [2.05, 4.69) is 40.8 Å². The zero-order valence-electron chi connectivity index (χ0n) is 11.7. The molecule has 3 heteroatoms. The van der Waals surface area contributed by atoms with Crippen LogP contribution in [-0.2, 0) is 0 Å². The second kappa shape index (κ2) is 6.74. The van der Waals surface area contributed by atoms with Gasteiger partial charge < -0.3 is 4.90 Å². The molecule has 1 aliphatic rings. The topological polar surface area (TPSA) is 19.4 Å². The lowest BCUT2D eigenvalue weighted by atomic mass is 10.1. The molecule has 3 nitrogen and oxygen atoms in total. The molecule has 18 heavy (non-hydrogen) atoms. The van der Waals surface area contributed by atoms with Gasteiger partial charge in [-0.2, -0.15) is 0 Å². The van der Waals surface area contributed by atoms with Crippen LogP contribution in [0.2, 0.25) is 0 Å². The van der Waals surface area contributed by atoms with E-state index in [4.69, 9.17) is 0 Å². The molecule has 0 radical (unpaired) electrons. The van der Waals surface area contributed by atoms with Gasteiger partial charge in [-0.05, 0) is 25.0 Å². The molecule has 1 atom stereocenters. The number of pyridine rings is 1. The molecule has 100 valence electrons. The summed E-state index contributed by atoms with van der Waals surface area (Å²) < 4.78 is 0. The van der Waals surface area contributed by atoms with Gasteiger partial charge in [-0.3, -0.25) is 4.90 Å². The van der Waals surface area contributed by atoms with Gasteiger partial charge in [0.1, 0.15) is 5.82 Å². The Morgan fingerprint density at radius 1 is 1.17 bits per heavy atom. The molecule has 1 saturated heterocycles. The van der Waals surface area contributed by atoms with Crippen LogP contribution in [0.15, 0.2) is 24.4 Å². The second-order valence-electron chi connectivity index (χ2n) is 5.06. The van der Waals surface area contributed by atoms with Crippen molar-refractivity contribution in [3.8, 4) is 0 Å². The van der Waals surface area contributed by atoms with E-state index in [9.17, 15) is 0 Å². The van der Waals surface area contributed by atoms with E-state index in [1.807, 2.05) is 12.3 Å². The Hall–Kier alpha value is -1.09. The first-order valence-electron chi connectivity index (χ1n) is 7.25. The third-order valence-electron chi connectivity index (χ3n) is 3.90. The van der Waals surface area contributed by atoms with Crippen LogP contribution in [0, 0.1) is 0 Å². The average Bonchev–Trinajstić information content (AvgIpc) is 2.46. The SMILES string of the molecule is CCCC(CC)N1CCN(c2ccccn2)CC1. The summed E-state index contributed by atoms with van der Waals surface area (Å²) in [4.78, 5) is 9.49. The molecule has 1 aromatic heterocycles. The predicted octanol–water partition coefficient (Wildman–Crippen LogP) is 2.78. The van der Waals surface area contributed by atoms with Crippen molar-refractivity contribution >= 4 is 5.82 Å². The van der Waals surface area contributed by atoms with E-state index >= 15 is 0 Å². The summed E-state index contributed by atoms with van der Waals surface area (Å²) in [5, 5.41) is 0. The average molecular weight is 247 g/mol. The fourth-order valence-corrected chi connectivity index (χ4v) is 2.84. The van der Waals surface area contributed by atoms with Crippen LogP contribution < -0.4 is 4.90 Å². The molecule has 0 aromatic carbocycles. The number of piperazine rings is 1. The van der Waals surface area contributed by atoms with Gasteiger partial charge in [-0.15, -0.1) is 0 Å². The molecule has 0 aliphatic carbocycles. The Morgan fingerprint density at radius 3 is 2.50 bits per heavy atom. The molecular weight excluding hydrogens is 222 g/mol. The molecule has 2 heterocycles. The van der Waals surface area contributed by atoms with Crippen LogP contribution >= 0.6 is 0 Å². The summed E-state index contributed by atoms with van der Waals surface area (Å²) in [6.45, 7) is 9.16. The summed E-state index contributed by atoms with van der Waals surface area (Å²) in [5.74, 6) is 1.13. The molecular formula is C15H25N3. The van der Waals surface area contributed by atoms with E-state index in [1.165, 1.54) is 32.4 Å². The maximum Gasteiger partial charge on any atom is 0.128 e. The Bertz CT molecular complexity index is 331. The first kappa shape index (κ1) is 13.3. The maximum absolute atomic E-state index is 4.44. The smallest absolute Gasteiger partial charge is 0.128 e. The van der Waals surface area contributed by atoms with E-state index in [1.54, 1.807) is 0 Å². The van der Waals surface area contributed by atoms with Gasteiger partial charge in [-0.25, -0.2) is 4.98 Å². The summed E-state index contributed by atoms with van der Waals surface area (Å²) in [6.07, 6.45) is 5.78. The van der Waals surface area contributed by atoms with Gasteiger partial charge in [0, 0.05) is 38.4 Å². The van der Waals surface area contributed by atoms with Crippen molar-refractivity contribution in [2.75, 3.05) is 31.1 Å². The summed E-state index contributed by atoms with van der Waals surface area (Å²) in [7, 11) is 0. The third-order valence-corrected chi connectivity index (χ3v) is 3.90. The van der Waals surface area contributed by atoms with E-state index in [0.717, 1.165) is 24.9 Å². The van der Waals surface area contributed by atoms with Gasteiger partial charge in [0.2, 0.25) is 0 Å². The minimum absolute atomic E-state index is 0.779. The Kier molecular flexibility index (Phi) is 5.00. The fraction of sp³-hybridized carbons (Fsp3) is 0.667. The summed E-state index contributed by atoms with van der Waals surface area (Å²) in [5.41, 5.74) is 0. The zero-order chi connectivity index (χ0) is 12.8. The molecule has 1 unspecified atom stereocenters. The van der Waals surface area contributed by atoms with Crippen LogP contribution in [0.4, 0.5) is 5.82 Å². The summed E-state index contributed by atoms with van der Waals surface area (Å²) in [6, 6.07) is 6.94. The molecule has 0 N–H and O–H groups in total. The van der Waals surface area contributed by atoms with Crippen molar-refractivity contribution in [3.05, 3.63) is 24.4 Å². The lowest BCUT2D eigenvalue weighted by molar-refractivity contribution is 0.170. The number of anilines is 1. The van der Waals surface area contributed by atoms with E-state index in [-0.39, 0.29) is 0 Å². The van der Waals surface area contributed by atoms with Crippen molar-refractivity contribution in [3.63, 3.8) is 0 Å². The van der Waals surface area contributed by atoms with E-state index in [0.29, 0.717) is 0 Å². The van der Waals surface area contributed by atoms with Crippen LogP contribution in [-0.4, -0.2) is 42.1 Å². The molecule has 0 spiro atoms. The number of nitrogens with zero attached hydrogens (tertiary/aromatic N) is 3. The number of aromatic nitrogens is 1. The van der Waals surface area contributed by atoms with Gasteiger partial charge >= 0.3 is 0 Å². The largest absolute Gasteiger partial charge is 0.354 e. The van der Waals surface area contributed by atoms with Crippen LogP contribution in [0.3, 0.4) is 0 Å². The normalized spacial score (nSPS) is 18.9. The van der Waals surface area contributed by atoms with Gasteiger partial charge in [0.15, 0.2) is 0 Å². The number of hydrogen-bond donors (Lipinski definition) is 0. The van der Waals surface area contributed by atoms with Gasteiger partial charge in [0.25, 0.3) is 0 Å². The maximum atomic E-state index is 4.44. The lowest BCUT2D eigenvalue weighted by Crippen LogP contribution is -2.50. The van der Waals surface area contributed by atoms with Crippen molar-refractivity contribution in [2.45, 2.75) is 39.2 Å². The molecule has 0 amide bonds. The Labute approximate surface area is 111 Å². The number of rotatable bonds is 5. The Morgan fingerprint density at radius 2 is 1.94 bits per heavy atom. The van der Waals surface area contributed by atoms with Gasteiger partial charge in [0.05, 0.1) is 0 Å². The first-order chi connectivity index (χ1) is 8.85. The second-order valence-corrected chi connectivity index (χ2v) is 5.06. The van der Waals surface area contributed by atoms with Crippen LogP contribution in [0.1, 0.15) is 33.1 Å². The molecule has 0 saturated carbocycles. The molecule has 1 fully saturated rings. The molecule has 0 bridgehead atoms. The highest BCUT2D eigenvalue weighted by Gasteiger charge is 2.22. The van der Waals surface area contributed by atoms with Crippen molar-refractivity contribution < 1.29 is 0 Å². The Balaban J connectivity index is 1.88. The highest BCUT2D eigenvalue weighted by Crippen LogP contribution is 2.17. The third kappa shape index (κ3) is 3.22. The van der Waals surface area contributed by atoms with Crippen molar-refractivity contribution in [1.29, 1.82) is 0 Å². The lowest BCUT2D eigenvalue weighted by Gasteiger charge is -2.39. The van der Waals surface area contributed by atoms with Crippen molar-refractivity contribution in [2.24, 2.45) is 0 Å². The minimum Gasteiger partial charge on any atom is -0.354 e. The van der Waals surface area contributed by atoms with Gasteiger partial charge in [-0.1, -0.05) is 26.3 Å². The number of hydrogen-bond acceptors (Lipinski definition) is 3. The van der Waals surface area contributed by atoms with Crippen molar-refractivity contribution in [1.82, 2.24) is 9.88 Å². The summed E-state index contributed by atoms with van der Waals surface area (Å²) >= 11 is 0. The van der Waals surface area contributed by atoms with Crippen LogP contribution in [0.5, 0.6) is 0 Å². The fourth-order valence-electron chi connectivity index (χ4n) is 2.84. The highest BCUT2D eigenvalue weighted by atomic mass is 15.3. The zero-order valence-corrected chi connectivity index (χ0v) is 11.7. The minimum atomic E-state index is 0.779. The first-order valence-corrected chi connectivity index (χ1v) is 7.25. The van der Waals surface area contributed by atoms with Crippen LogP contribution in [0.25, 0.3) is 0 Å². The quantitative estimate of drug-likeness (QED) is 0.797. The highest BCUT2D eigenvalue weighted by molar-refractivity contribution is 5.38. The standard InChI is InChI=1S/C15H25N3/c1-3-7-14(4-2)17-10-12-18(13-11-17)15-8-5-6-9-16-15/h5-6,8-9,14H,3-4,7,10-13H2,1-2H3. The molecule has 2 rings (SSSR count). The molecule has 1 aromatic rings. The molecule has 1 aliphatic heterocycles. The predicted molar refractivity (Wildman–Crippen MR) is 77.0 cm³/mol. The van der Waals surface area contributed by atoms with E-state index < -0.39 is 0 Å². The monoisotopic (exact) mass is 247 g/mol.